The highest BCUT2D eigenvalue weighted by Gasteiger charge is 2.28. The van der Waals surface area contributed by atoms with Gasteiger partial charge < -0.3 is 15.5 Å². The van der Waals surface area contributed by atoms with Crippen LogP contribution in [0.15, 0.2) is 48.5 Å². The number of carbonyl (C=O) groups is 3. The number of amides is 3. The van der Waals surface area contributed by atoms with Crippen molar-refractivity contribution in [3.05, 3.63) is 65.2 Å². The lowest BCUT2D eigenvalue weighted by Gasteiger charge is -2.32. The third-order valence-electron chi connectivity index (χ3n) is 5.33. The summed E-state index contributed by atoms with van der Waals surface area (Å²) in [4.78, 5) is 39.2. The Kier molecular flexibility index (Phi) is 7.22. The van der Waals surface area contributed by atoms with Crippen LogP contribution in [0, 0.1) is 12.8 Å². The molecule has 1 heterocycles. The maximum atomic E-state index is 12.9. The van der Waals surface area contributed by atoms with Gasteiger partial charge in [0.25, 0.3) is 11.8 Å². The maximum Gasteiger partial charge on any atom is 0.255 e. The zero-order valence-corrected chi connectivity index (χ0v) is 17.6. The molecule has 2 aromatic carbocycles. The molecular formula is C24H29N3O3. The number of nitrogens with zero attached hydrogens (tertiary/aromatic N) is 1. The summed E-state index contributed by atoms with van der Waals surface area (Å²) in [7, 11) is 0. The van der Waals surface area contributed by atoms with Gasteiger partial charge in [0, 0.05) is 36.4 Å². The van der Waals surface area contributed by atoms with Gasteiger partial charge in [-0.1, -0.05) is 24.6 Å². The van der Waals surface area contributed by atoms with Crippen molar-refractivity contribution in [2.45, 2.75) is 33.1 Å². The van der Waals surface area contributed by atoms with E-state index in [9.17, 15) is 14.4 Å². The summed E-state index contributed by atoms with van der Waals surface area (Å²) >= 11 is 0. The molecule has 1 unspecified atom stereocenters. The van der Waals surface area contributed by atoms with E-state index in [4.69, 9.17) is 0 Å². The van der Waals surface area contributed by atoms with Gasteiger partial charge in [-0.05, 0) is 62.6 Å². The van der Waals surface area contributed by atoms with E-state index < -0.39 is 0 Å². The van der Waals surface area contributed by atoms with E-state index >= 15 is 0 Å². The van der Waals surface area contributed by atoms with Crippen molar-refractivity contribution in [1.82, 2.24) is 10.2 Å². The molecule has 1 saturated heterocycles. The summed E-state index contributed by atoms with van der Waals surface area (Å²) < 4.78 is 0. The lowest BCUT2D eigenvalue weighted by Crippen LogP contribution is -2.45. The maximum absolute atomic E-state index is 12.9. The fourth-order valence-corrected chi connectivity index (χ4v) is 3.56. The molecule has 6 heteroatoms. The zero-order valence-electron chi connectivity index (χ0n) is 17.6. The van der Waals surface area contributed by atoms with E-state index in [2.05, 4.69) is 10.6 Å². The largest absolute Gasteiger partial charge is 0.356 e. The fourth-order valence-electron chi connectivity index (χ4n) is 3.56. The molecule has 6 nitrogen and oxygen atoms in total. The molecule has 30 heavy (non-hydrogen) atoms. The minimum Gasteiger partial charge on any atom is -0.356 e. The van der Waals surface area contributed by atoms with Crippen molar-refractivity contribution in [2.24, 2.45) is 5.92 Å². The highest BCUT2D eigenvalue weighted by Crippen LogP contribution is 2.20. The molecule has 0 aliphatic carbocycles. The number of nitrogens with one attached hydrogen (secondary N) is 2. The Morgan fingerprint density at radius 1 is 1.00 bits per heavy atom. The van der Waals surface area contributed by atoms with Crippen molar-refractivity contribution in [3.63, 3.8) is 0 Å². The molecule has 1 fully saturated rings. The van der Waals surface area contributed by atoms with Gasteiger partial charge in [0.15, 0.2) is 0 Å². The summed E-state index contributed by atoms with van der Waals surface area (Å²) in [6.45, 7) is 5.76. The second kappa shape index (κ2) is 10.1. The predicted molar refractivity (Wildman–Crippen MR) is 118 cm³/mol. The molecule has 1 atom stereocenters. The van der Waals surface area contributed by atoms with E-state index in [0.717, 1.165) is 24.8 Å². The third-order valence-corrected chi connectivity index (χ3v) is 5.33. The highest BCUT2D eigenvalue weighted by atomic mass is 16.2. The van der Waals surface area contributed by atoms with Crippen LogP contribution in [0.25, 0.3) is 0 Å². The van der Waals surface area contributed by atoms with Gasteiger partial charge in [-0.3, -0.25) is 14.4 Å². The van der Waals surface area contributed by atoms with Crippen LogP contribution in [-0.4, -0.2) is 42.3 Å². The van der Waals surface area contributed by atoms with Gasteiger partial charge in [-0.2, -0.15) is 0 Å². The van der Waals surface area contributed by atoms with Crippen LogP contribution >= 0.6 is 0 Å². The van der Waals surface area contributed by atoms with Crippen LogP contribution in [0.5, 0.6) is 0 Å². The van der Waals surface area contributed by atoms with E-state index in [0.29, 0.717) is 36.4 Å². The number of benzene rings is 2. The van der Waals surface area contributed by atoms with E-state index in [1.54, 1.807) is 41.3 Å². The minimum absolute atomic E-state index is 0.0310. The minimum atomic E-state index is -0.189. The molecule has 158 valence electrons. The van der Waals surface area contributed by atoms with Gasteiger partial charge in [-0.25, -0.2) is 0 Å². The first-order chi connectivity index (χ1) is 14.5. The zero-order chi connectivity index (χ0) is 21.5. The Balaban J connectivity index is 1.59. The van der Waals surface area contributed by atoms with Crippen molar-refractivity contribution < 1.29 is 14.4 Å². The van der Waals surface area contributed by atoms with E-state index in [-0.39, 0.29) is 23.6 Å². The van der Waals surface area contributed by atoms with Crippen LogP contribution in [-0.2, 0) is 4.79 Å². The first-order valence-electron chi connectivity index (χ1n) is 10.5. The molecule has 0 radical (unpaired) electrons. The van der Waals surface area contributed by atoms with Crippen LogP contribution in [0.4, 0.5) is 5.69 Å². The van der Waals surface area contributed by atoms with Crippen LogP contribution in [0.3, 0.4) is 0 Å². The van der Waals surface area contributed by atoms with Crippen molar-refractivity contribution >= 4 is 23.4 Å². The quantitative estimate of drug-likeness (QED) is 0.768. The number of piperidine rings is 1. The van der Waals surface area contributed by atoms with Gasteiger partial charge in [0.05, 0.1) is 5.92 Å². The number of hydrogen-bond acceptors (Lipinski definition) is 3. The number of aryl methyl sites for hydroxylation is 1. The smallest absolute Gasteiger partial charge is 0.255 e. The monoisotopic (exact) mass is 407 g/mol. The number of hydrogen-bond donors (Lipinski definition) is 2. The second-order valence-electron chi connectivity index (χ2n) is 7.78. The predicted octanol–water partition coefficient (Wildman–Crippen LogP) is 3.63. The molecule has 0 saturated carbocycles. The summed E-state index contributed by atoms with van der Waals surface area (Å²) in [5.74, 6) is -0.392. The molecular weight excluding hydrogens is 378 g/mol. The summed E-state index contributed by atoms with van der Waals surface area (Å²) in [5, 5.41) is 5.77. The molecule has 0 spiro atoms. The van der Waals surface area contributed by atoms with Gasteiger partial charge in [0.2, 0.25) is 5.91 Å². The normalized spacial score (nSPS) is 16.1. The Hall–Kier alpha value is -3.15. The molecule has 2 N–H and O–H groups in total. The van der Waals surface area contributed by atoms with Crippen molar-refractivity contribution in [3.8, 4) is 0 Å². The number of carbonyl (C=O) groups excluding carboxylic acids is 3. The van der Waals surface area contributed by atoms with Crippen LogP contribution in [0.1, 0.15) is 52.5 Å². The number of rotatable bonds is 6. The molecule has 0 aromatic heterocycles. The first kappa shape index (κ1) is 21.6. The Labute approximate surface area is 177 Å². The Bertz CT molecular complexity index is 891. The molecule has 2 aromatic rings. The summed E-state index contributed by atoms with van der Waals surface area (Å²) in [6, 6.07) is 14.2. The molecule has 1 aliphatic rings. The van der Waals surface area contributed by atoms with E-state index in [1.807, 2.05) is 26.0 Å². The SMILES string of the molecule is CCCNC(=O)C1CCCN(C(=O)c2ccc(NC(=O)c3ccc(C)cc3)cc2)C1. The summed E-state index contributed by atoms with van der Waals surface area (Å²) in [5.41, 5.74) is 2.87. The number of anilines is 1. The third kappa shape index (κ3) is 5.47. The topological polar surface area (TPSA) is 78.5 Å². The first-order valence-corrected chi connectivity index (χ1v) is 10.5. The standard InChI is InChI=1S/C24H29N3O3/c1-3-14-25-22(28)20-5-4-15-27(16-20)24(30)19-10-12-21(13-11-19)26-23(29)18-8-6-17(2)7-9-18/h6-13,20H,3-5,14-16H2,1-2H3,(H,25,28)(H,26,29). The molecule has 3 amide bonds. The lowest BCUT2D eigenvalue weighted by atomic mass is 9.96. The average molecular weight is 408 g/mol. The molecule has 3 rings (SSSR count). The highest BCUT2D eigenvalue weighted by molar-refractivity contribution is 6.04. The average Bonchev–Trinajstić information content (AvgIpc) is 2.78. The summed E-state index contributed by atoms with van der Waals surface area (Å²) in [6.07, 6.45) is 2.53. The fraction of sp³-hybridized carbons (Fsp3) is 0.375. The van der Waals surface area contributed by atoms with Gasteiger partial charge in [-0.15, -0.1) is 0 Å². The van der Waals surface area contributed by atoms with Gasteiger partial charge >= 0.3 is 0 Å². The lowest BCUT2D eigenvalue weighted by molar-refractivity contribution is -0.126. The Morgan fingerprint density at radius 2 is 1.67 bits per heavy atom. The molecule has 0 bridgehead atoms. The van der Waals surface area contributed by atoms with Crippen LogP contribution < -0.4 is 10.6 Å². The van der Waals surface area contributed by atoms with Gasteiger partial charge in [0.1, 0.15) is 0 Å². The van der Waals surface area contributed by atoms with Crippen molar-refractivity contribution in [1.29, 1.82) is 0 Å². The Morgan fingerprint density at radius 3 is 2.33 bits per heavy atom. The van der Waals surface area contributed by atoms with Crippen molar-refractivity contribution in [2.75, 3.05) is 25.0 Å². The second-order valence-corrected chi connectivity index (χ2v) is 7.78. The van der Waals surface area contributed by atoms with Crippen LogP contribution in [0.2, 0.25) is 0 Å². The molecule has 1 aliphatic heterocycles. The van der Waals surface area contributed by atoms with E-state index in [1.165, 1.54) is 0 Å². The number of likely N-dealkylation sites (tertiary alicyclic amines) is 1.